The summed E-state index contributed by atoms with van der Waals surface area (Å²) in [7, 11) is 0. The lowest BCUT2D eigenvalue weighted by Crippen LogP contribution is -2.64. The predicted molar refractivity (Wildman–Crippen MR) is 148 cm³/mol. The second kappa shape index (κ2) is 13.0. The van der Waals surface area contributed by atoms with Gasteiger partial charge >= 0.3 is 0 Å². The summed E-state index contributed by atoms with van der Waals surface area (Å²) in [6.07, 6.45) is -4.41. The Labute approximate surface area is 242 Å². The van der Waals surface area contributed by atoms with Crippen LogP contribution in [0.4, 0.5) is 0 Å². The van der Waals surface area contributed by atoms with E-state index in [4.69, 9.17) is 68.6 Å². The topological polar surface area (TPSA) is 79.2 Å². The second-order valence-corrected chi connectivity index (χ2v) is 11.5. The molecule has 2 fully saturated rings. The summed E-state index contributed by atoms with van der Waals surface area (Å²) in [5.41, 5.74) is 2.78. The van der Waals surface area contributed by atoms with Crippen LogP contribution in [0.2, 0.25) is 0 Å². The van der Waals surface area contributed by atoms with Gasteiger partial charge in [0.25, 0.3) is 3.79 Å². The normalized spacial score (nSPS) is 26.9. The zero-order valence-electron chi connectivity index (χ0n) is 20.8. The molecule has 2 unspecified atom stereocenters. The number of rotatable bonds is 8. The number of nitrogens with one attached hydrogen (secondary N) is 1. The number of alkyl halides is 3. The third kappa shape index (κ3) is 7.31. The third-order valence-electron chi connectivity index (χ3n) is 6.42. The number of ether oxygens (including phenoxy) is 6. The van der Waals surface area contributed by atoms with Crippen molar-refractivity contribution in [2.24, 2.45) is 0 Å². The lowest BCUT2D eigenvalue weighted by molar-refractivity contribution is -0.363. The fraction of sp³-hybridized carbons (Fsp3) is 0.345. The molecule has 0 saturated carbocycles. The van der Waals surface area contributed by atoms with Gasteiger partial charge in [0, 0.05) is 5.56 Å². The SMILES string of the molecule is N=C(OC1O[C@@H]2COC(c3ccccc3)O[C@H]2[C@H](OCc2ccccc2)[C@@H]1OCc1ccccc1)C(Cl)(Cl)Cl. The van der Waals surface area contributed by atoms with Gasteiger partial charge in [-0.25, -0.2) is 0 Å². The van der Waals surface area contributed by atoms with Crippen molar-refractivity contribution >= 4 is 40.7 Å². The zero-order valence-corrected chi connectivity index (χ0v) is 23.1. The standard InChI is InChI=1S/C29H28Cl3NO6/c30-29(31,32)28(33)39-27-25(35-17-20-12-6-2-7-13-20)24(34-16-19-10-4-1-5-11-19)23-22(37-27)18-36-26(38-23)21-14-8-3-9-15-21/h1-15,22-27,33H,16-18H2/t22-,23-,24+,25+,26?,27?/m1/s1. The molecule has 0 amide bonds. The van der Waals surface area contributed by atoms with E-state index in [1.54, 1.807) is 0 Å². The van der Waals surface area contributed by atoms with E-state index in [9.17, 15) is 0 Å². The van der Waals surface area contributed by atoms with Gasteiger partial charge in [0.15, 0.2) is 6.29 Å². The van der Waals surface area contributed by atoms with Crippen molar-refractivity contribution in [2.75, 3.05) is 6.61 Å². The molecule has 206 valence electrons. The van der Waals surface area contributed by atoms with Gasteiger partial charge in [0.05, 0.1) is 19.8 Å². The molecule has 3 aromatic rings. The zero-order chi connectivity index (χ0) is 27.2. The van der Waals surface area contributed by atoms with Crippen LogP contribution in [0.25, 0.3) is 0 Å². The summed E-state index contributed by atoms with van der Waals surface area (Å²) in [4.78, 5) is 0. The van der Waals surface area contributed by atoms with Crippen molar-refractivity contribution < 1.29 is 28.4 Å². The van der Waals surface area contributed by atoms with Crippen LogP contribution in [0.1, 0.15) is 23.0 Å². The van der Waals surface area contributed by atoms with Gasteiger partial charge in [0.1, 0.15) is 24.4 Å². The molecule has 2 heterocycles. The van der Waals surface area contributed by atoms with Crippen LogP contribution in [-0.4, -0.2) is 47.0 Å². The molecule has 2 saturated heterocycles. The van der Waals surface area contributed by atoms with Crippen LogP contribution < -0.4 is 0 Å². The van der Waals surface area contributed by atoms with Gasteiger partial charge in [-0.1, -0.05) is 126 Å². The highest BCUT2D eigenvalue weighted by atomic mass is 35.6. The van der Waals surface area contributed by atoms with Crippen molar-refractivity contribution in [3.8, 4) is 0 Å². The minimum absolute atomic E-state index is 0.196. The van der Waals surface area contributed by atoms with Crippen LogP contribution >= 0.6 is 34.8 Å². The van der Waals surface area contributed by atoms with Gasteiger partial charge in [0.2, 0.25) is 12.2 Å². The Morgan fingerprint density at radius 2 is 1.31 bits per heavy atom. The summed E-state index contributed by atoms with van der Waals surface area (Å²) >= 11 is 17.8. The fourth-order valence-electron chi connectivity index (χ4n) is 4.50. The average Bonchev–Trinajstić information content (AvgIpc) is 2.96. The van der Waals surface area contributed by atoms with Gasteiger partial charge in [-0.15, -0.1) is 0 Å². The van der Waals surface area contributed by atoms with Crippen LogP contribution in [0.5, 0.6) is 0 Å². The molecule has 0 bridgehead atoms. The van der Waals surface area contributed by atoms with Gasteiger partial charge in [-0.3, -0.25) is 5.41 Å². The Balaban J connectivity index is 1.44. The monoisotopic (exact) mass is 591 g/mol. The summed E-state index contributed by atoms with van der Waals surface area (Å²) in [5.74, 6) is -0.592. The number of halogens is 3. The molecule has 7 nitrogen and oxygen atoms in total. The number of hydrogen-bond donors (Lipinski definition) is 1. The van der Waals surface area contributed by atoms with Crippen molar-refractivity contribution in [3.63, 3.8) is 0 Å². The van der Waals surface area contributed by atoms with E-state index in [1.807, 2.05) is 91.0 Å². The van der Waals surface area contributed by atoms with E-state index in [0.717, 1.165) is 16.7 Å². The Morgan fingerprint density at radius 3 is 1.87 bits per heavy atom. The van der Waals surface area contributed by atoms with E-state index < -0.39 is 46.7 Å². The fourth-order valence-corrected chi connectivity index (χ4v) is 4.64. The largest absolute Gasteiger partial charge is 0.445 e. The molecular weight excluding hydrogens is 565 g/mol. The minimum Gasteiger partial charge on any atom is -0.445 e. The van der Waals surface area contributed by atoms with E-state index in [2.05, 4.69) is 0 Å². The summed E-state index contributed by atoms with van der Waals surface area (Å²) in [6.45, 7) is 0.716. The van der Waals surface area contributed by atoms with Crippen molar-refractivity contribution in [1.29, 1.82) is 5.41 Å². The van der Waals surface area contributed by atoms with Crippen molar-refractivity contribution in [2.45, 2.75) is 54.0 Å². The second-order valence-electron chi connectivity index (χ2n) is 9.19. The van der Waals surface area contributed by atoms with Crippen LogP contribution in [0.3, 0.4) is 0 Å². The number of fused-ring (bicyclic) bond motifs is 1. The molecule has 0 aromatic heterocycles. The highest BCUT2D eigenvalue weighted by molar-refractivity contribution is 6.76. The molecule has 0 aliphatic carbocycles. The van der Waals surface area contributed by atoms with E-state index in [1.165, 1.54) is 0 Å². The maximum atomic E-state index is 8.18. The summed E-state index contributed by atoms with van der Waals surface area (Å²) < 4.78 is 35.2. The molecule has 39 heavy (non-hydrogen) atoms. The van der Waals surface area contributed by atoms with Gasteiger partial charge in [-0.2, -0.15) is 0 Å². The quantitative estimate of drug-likeness (QED) is 0.186. The maximum Gasteiger partial charge on any atom is 0.265 e. The smallest absolute Gasteiger partial charge is 0.265 e. The average molecular weight is 593 g/mol. The van der Waals surface area contributed by atoms with Crippen molar-refractivity contribution in [1.82, 2.24) is 0 Å². The first-order chi connectivity index (χ1) is 18.9. The number of hydrogen-bond acceptors (Lipinski definition) is 7. The lowest BCUT2D eigenvalue weighted by Gasteiger charge is -2.48. The van der Waals surface area contributed by atoms with Crippen LogP contribution in [-0.2, 0) is 41.6 Å². The molecule has 1 N–H and O–H groups in total. The number of benzene rings is 3. The highest BCUT2D eigenvalue weighted by Gasteiger charge is 2.53. The van der Waals surface area contributed by atoms with Crippen LogP contribution in [0, 0.1) is 5.41 Å². The summed E-state index contributed by atoms with van der Waals surface area (Å²) in [5, 5.41) is 8.18. The van der Waals surface area contributed by atoms with Crippen molar-refractivity contribution in [3.05, 3.63) is 108 Å². The molecule has 0 radical (unpaired) electrons. The first-order valence-corrected chi connectivity index (χ1v) is 13.6. The van der Waals surface area contributed by atoms with E-state index in [-0.39, 0.29) is 19.8 Å². The van der Waals surface area contributed by atoms with Gasteiger partial charge in [-0.05, 0) is 11.1 Å². The molecular formula is C29H28Cl3NO6. The molecule has 2 aliphatic rings. The Morgan fingerprint density at radius 1 is 0.769 bits per heavy atom. The van der Waals surface area contributed by atoms with Gasteiger partial charge < -0.3 is 28.4 Å². The van der Waals surface area contributed by atoms with E-state index in [0.29, 0.717) is 0 Å². The summed E-state index contributed by atoms with van der Waals surface area (Å²) in [6, 6.07) is 29.1. The molecule has 10 heteroatoms. The lowest BCUT2D eigenvalue weighted by atomic mass is 9.97. The Bertz CT molecular complexity index is 1200. The predicted octanol–water partition coefficient (Wildman–Crippen LogP) is 6.36. The van der Waals surface area contributed by atoms with E-state index >= 15 is 0 Å². The molecule has 2 aliphatic heterocycles. The molecule has 5 rings (SSSR count). The highest BCUT2D eigenvalue weighted by Crippen LogP contribution is 2.38. The Kier molecular flexibility index (Phi) is 9.43. The first-order valence-electron chi connectivity index (χ1n) is 12.5. The molecule has 0 spiro atoms. The third-order valence-corrected chi connectivity index (χ3v) is 6.93. The van der Waals surface area contributed by atoms with Crippen LogP contribution in [0.15, 0.2) is 91.0 Å². The maximum absolute atomic E-state index is 8.18. The molecule has 3 aromatic carbocycles. The molecule has 6 atom stereocenters. The Hall–Kier alpha value is -2.20. The first kappa shape index (κ1) is 28.3. The minimum atomic E-state index is -2.08.